The SMILES string of the molecule is CCOC(=O)C1=C(C(=O)Nc2ccc(C)c(F)c2)C2C=CC1(C(Oc1ccc(F)cc1)c1ccc(CN3CCOCC3)cc1)O2. The predicted molar refractivity (Wildman–Crippen MR) is 162 cm³/mol. The second-order valence-electron chi connectivity index (χ2n) is 11.2. The third-order valence-corrected chi connectivity index (χ3v) is 8.19. The Hall–Kier alpha value is -4.38. The van der Waals surface area contributed by atoms with Crippen molar-refractivity contribution in [3.05, 3.63) is 118 Å². The van der Waals surface area contributed by atoms with Crippen LogP contribution in [0, 0.1) is 18.6 Å². The van der Waals surface area contributed by atoms with Gasteiger partial charge in [0.25, 0.3) is 5.91 Å². The number of nitrogens with zero attached hydrogens (tertiary/aromatic N) is 1. The van der Waals surface area contributed by atoms with E-state index in [1.165, 1.54) is 30.3 Å². The molecule has 3 heterocycles. The van der Waals surface area contributed by atoms with Crippen molar-refractivity contribution in [2.75, 3.05) is 38.2 Å². The molecule has 3 aliphatic rings. The molecule has 1 amide bonds. The fourth-order valence-electron chi connectivity index (χ4n) is 5.90. The lowest BCUT2D eigenvalue weighted by Crippen LogP contribution is -2.42. The molecule has 8 nitrogen and oxygen atoms in total. The Morgan fingerprint density at radius 3 is 2.47 bits per heavy atom. The summed E-state index contributed by atoms with van der Waals surface area (Å²) < 4.78 is 52.0. The van der Waals surface area contributed by atoms with Gasteiger partial charge in [-0.2, -0.15) is 0 Å². The molecule has 10 heteroatoms. The van der Waals surface area contributed by atoms with Gasteiger partial charge in [0.2, 0.25) is 0 Å². The summed E-state index contributed by atoms with van der Waals surface area (Å²) in [5, 5.41) is 2.71. The van der Waals surface area contributed by atoms with Crippen molar-refractivity contribution in [1.82, 2.24) is 4.90 Å². The number of aryl methyl sites for hydroxylation is 1. The van der Waals surface area contributed by atoms with Gasteiger partial charge in [-0.1, -0.05) is 36.4 Å². The van der Waals surface area contributed by atoms with E-state index in [0.29, 0.717) is 30.1 Å². The highest BCUT2D eigenvalue weighted by Gasteiger charge is 2.59. The van der Waals surface area contributed by atoms with Gasteiger partial charge in [0.1, 0.15) is 23.5 Å². The van der Waals surface area contributed by atoms with E-state index >= 15 is 0 Å². The summed E-state index contributed by atoms with van der Waals surface area (Å²) >= 11 is 0. The molecule has 234 valence electrons. The van der Waals surface area contributed by atoms with E-state index in [1.807, 2.05) is 24.3 Å². The molecule has 3 aromatic rings. The molecular weight excluding hydrogens is 582 g/mol. The highest BCUT2D eigenvalue weighted by atomic mass is 19.1. The Morgan fingerprint density at radius 2 is 1.78 bits per heavy atom. The van der Waals surface area contributed by atoms with Gasteiger partial charge in [-0.05, 0) is 73.0 Å². The van der Waals surface area contributed by atoms with E-state index in [2.05, 4.69) is 10.2 Å². The molecule has 3 aliphatic heterocycles. The number of hydrogen-bond donors (Lipinski definition) is 1. The summed E-state index contributed by atoms with van der Waals surface area (Å²) in [6.07, 6.45) is 1.55. The first-order valence-corrected chi connectivity index (χ1v) is 14.9. The number of carbonyl (C=O) groups excluding carboxylic acids is 2. The zero-order valence-corrected chi connectivity index (χ0v) is 25.1. The molecule has 0 spiro atoms. The number of nitrogens with one attached hydrogen (secondary N) is 1. The molecular formula is C35H34F2N2O6. The van der Waals surface area contributed by atoms with Gasteiger partial charge in [0, 0.05) is 25.3 Å². The number of carbonyl (C=O) groups is 2. The number of fused-ring (bicyclic) bond motifs is 2. The Morgan fingerprint density at radius 1 is 1.04 bits per heavy atom. The van der Waals surface area contributed by atoms with Gasteiger partial charge in [0.05, 0.1) is 31.0 Å². The van der Waals surface area contributed by atoms with Crippen LogP contribution < -0.4 is 10.1 Å². The van der Waals surface area contributed by atoms with E-state index < -0.39 is 41.3 Å². The van der Waals surface area contributed by atoms with Gasteiger partial charge < -0.3 is 24.3 Å². The minimum absolute atomic E-state index is 0.00793. The van der Waals surface area contributed by atoms with Crippen LogP contribution in [0.5, 0.6) is 5.75 Å². The van der Waals surface area contributed by atoms with Gasteiger partial charge in [-0.3, -0.25) is 9.69 Å². The van der Waals surface area contributed by atoms with Crippen LogP contribution in [0.2, 0.25) is 0 Å². The first-order chi connectivity index (χ1) is 21.8. The molecule has 2 bridgehead atoms. The van der Waals surface area contributed by atoms with Crippen LogP contribution in [-0.4, -0.2) is 61.4 Å². The molecule has 3 atom stereocenters. The van der Waals surface area contributed by atoms with Crippen LogP contribution in [0.15, 0.2) is 90.0 Å². The smallest absolute Gasteiger partial charge is 0.338 e. The molecule has 0 aromatic heterocycles. The number of rotatable bonds is 10. The van der Waals surface area contributed by atoms with Crippen molar-refractivity contribution in [3.63, 3.8) is 0 Å². The second kappa shape index (κ2) is 12.9. The Kier molecular flexibility index (Phi) is 8.80. The van der Waals surface area contributed by atoms with Gasteiger partial charge in [-0.25, -0.2) is 13.6 Å². The minimum atomic E-state index is -1.55. The zero-order valence-electron chi connectivity index (χ0n) is 25.1. The molecule has 1 fully saturated rings. The Labute approximate surface area is 260 Å². The fourth-order valence-corrected chi connectivity index (χ4v) is 5.90. The maximum absolute atomic E-state index is 14.3. The summed E-state index contributed by atoms with van der Waals surface area (Å²) in [5.41, 5.74) is 0.898. The summed E-state index contributed by atoms with van der Waals surface area (Å²) in [7, 11) is 0. The molecule has 3 aromatic carbocycles. The lowest BCUT2D eigenvalue weighted by Gasteiger charge is -2.35. The third-order valence-electron chi connectivity index (χ3n) is 8.19. The lowest BCUT2D eigenvalue weighted by molar-refractivity contribution is -0.142. The average Bonchev–Trinajstić information content (AvgIpc) is 3.62. The summed E-state index contributed by atoms with van der Waals surface area (Å²) in [4.78, 5) is 29.7. The monoisotopic (exact) mass is 616 g/mol. The molecule has 1 saturated heterocycles. The summed E-state index contributed by atoms with van der Waals surface area (Å²) in [5.74, 6) is -1.93. The quantitative estimate of drug-likeness (QED) is 0.240. The molecule has 1 N–H and O–H groups in total. The number of hydrogen-bond acceptors (Lipinski definition) is 7. The van der Waals surface area contributed by atoms with E-state index in [4.69, 9.17) is 18.9 Å². The van der Waals surface area contributed by atoms with Gasteiger partial charge in [0.15, 0.2) is 11.7 Å². The topological polar surface area (TPSA) is 86.3 Å². The molecule has 0 saturated carbocycles. The Bertz CT molecular complexity index is 1630. The maximum atomic E-state index is 14.3. The number of morpholine rings is 1. The van der Waals surface area contributed by atoms with Crippen molar-refractivity contribution in [1.29, 1.82) is 0 Å². The maximum Gasteiger partial charge on any atom is 0.338 e. The number of anilines is 1. The predicted octanol–water partition coefficient (Wildman–Crippen LogP) is 5.43. The van der Waals surface area contributed by atoms with Crippen molar-refractivity contribution < 1.29 is 37.3 Å². The molecule has 3 unspecified atom stereocenters. The Balaban J connectivity index is 1.40. The van der Waals surface area contributed by atoms with Gasteiger partial charge in [-0.15, -0.1) is 0 Å². The second-order valence-corrected chi connectivity index (χ2v) is 11.2. The third kappa shape index (κ3) is 6.26. The van der Waals surface area contributed by atoms with Crippen LogP contribution in [0.1, 0.15) is 29.7 Å². The van der Waals surface area contributed by atoms with Crippen LogP contribution in [0.25, 0.3) is 0 Å². The molecule has 45 heavy (non-hydrogen) atoms. The van der Waals surface area contributed by atoms with Crippen LogP contribution >= 0.6 is 0 Å². The summed E-state index contributed by atoms with van der Waals surface area (Å²) in [6, 6.07) is 17.7. The van der Waals surface area contributed by atoms with Crippen LogP contribution in [0.4, 0.5) is 14.5 Å². The number of esters is 1. The molecule has 6 rings (SSSR count). The lowest BCUT2D eigenvalue weighted by atomic mass is 9.79. The number of halogens is 2. The highest BCUT2D eigenvalue weighted by molar-refractivity contribution is 6.12. The first kappa shape index (κ1) is 30.6. The largest absolute Gasteiger partial charge is 0.482 e. The van der Waals surface area contributed by atoms with E-state index in [0.717, 1.165) is 25.2 Å². The number of amides is 1. The van der Waals surface area contributed by atoms with Crippen molar-refractivity contribution >= 4 is 17.6 Å². The molecule has 0 aliphatic carbocycles. The van der Waals surface area contributed by atoms with Gasteiger partial charge >= 0.3 is 5.97 Å². The number of benzene rings is 3. The van der Waals surface area contributed by atoms with Crippen molar-refractivity contribution in [3.8, 4) is 5.75 Å². The molecule has 0 radical (unpaired) electrons. The van der Waals surface area contributed by atoms with E-state index in [-0.39, 0.29) is 23.4 Å². The highest BCUT2D eigenvalue weighted by Crippen LogP contribution is 2.52. The summed E-state index contributed by atoms with van der Waals surface area (Å²) in [6.45, 7) is 7.16. The van der Waals surface area contributed by atoms with E-state index in [1.54, 1.807) is 38.1 Å². The average molecular weight is 617 g/mol. The van der Waals surface area contributed by atoms with Crippen LogP contribution in [-0.2, 0) is 30.3 Å². The normalized spacial score (nSPS) is 21.6. The van der Waals surface area contributed by atoms with Crippen molar-refractivity contribution in [2.45, 2.75) is 38.2 Å². The standard InChI is InChI=1S/C35H34F2N2O6/c1-3-43-34(41)31-30(33(40)38-26-11-4-22(2)28(37)20-26)29-14-15-35(31,45-29)32(44-27-12-9-25(36)10-13-27)24-7-5-23(6-8-24)21-39-16-18-42-19-17-39/h4-15,20,29,32H,3,16-19,21H2,1-2H3,(H,38,40). The number of ether oxygens (including phenoxy) is 4. The van der Waals surface area contributed by atoms with Crippen molar-refractivity contribution in [2.24, 2.45) is 0 Å². The van der Waals surface area contributed by atoms with E-state index in [9.17, 15) is 18.4 Å². The zero-order chi connectivity index (χ0) is 31.6. The first-order valence-electron chi connectivity index (χ1n) is 14.9. The fraction of sp³-hybridized carbons (Fsp3) is 0.314. The van der Waals surface area contributed by atoms with Crippen LogP contribution in [0.3, 0.4) is 0 Å². The minimum Gasteiger partial charge on any atom is -0.482 e.